The number of fused-ring (bicyclic) bond motifs is 1. The molecule has 0 saturated carbocycles. The smallest absolute Gasteiger partial charge is 0.254 e. The van der Waals surface area contributed by atoms with E-state index in [1.54, 1.807) is 17.9 Å². The van der Waals surface area contributed by atoms with Gasteiger partial charge in [0, 0.05) is 24.2 Å². The van der Waals surface area contributed by atoms with Crippen molar-refractivity contribution in [2.45, 2.75) is 45.2 Å². The molecule has 2 aliphatic rings. The molecular formula is C21H25FN4O4S. The van der Waals surface area contributed by atoms with Crippen LogP contribution in [0.25, 0.3) is 0 Å². The molecule has 3 heterocycles. The number of halogens is 1. The van der Waals surface area contributed by atoms with E-state index in [0.717, 1.165) is 12.8 Å². The summed E-state index contributed by atoms with van der Waals surface area (Å²) in [4.78, 5) is 34.9. The number of hydrogen-bond acceptors (Lipinski definition) is 5. The van der Waals surface area contributed by atoms with E-state index in [4.69, 9.17) is 0 Å². The second kappa shape index (κ2) is 8.51. The second-order valence-electron chi connectivity index (χ2n) is 7.88. The number of aromatic amines is 1. The highest BCUT2D eigenvalue weighted by Crippen LogP contribution is 2.31. The zero-order valence-corrected chi connectivity index (χ0v) is 18.1. The molecule has 4 rings (SSSR count). The van der Waals surface area contributed by atoms with Gasteiger partial charge in [0.15, 0.2) is 0 Å². The summed E-state index contributed by atoms with van der Waals surface area (Å²) in [5, 5.41) is 0. The molecule has 2 aromatic rings. The van der Waals surface area contributed by atoms with Gasteiger partial charge in [-0.3, -0.25) is 9.59 Å². The molecule has 1 aromatic heterocycles. The number of rotatable bonds is 4. The van der Waals surface area contributed by atoms with Crippen LogP contribution in [0, 0.1) is 5.82 Å². The fourth-order valence-electron chi connectivity index (χ4n) is 4.26. The maximum Gasteiger partial charge on any atom is 0.254 e. The van der Waals surface area contributed by atoms with Gasteiger partial charge in [0.2, 0.25) is 10.0 Å². The molecule has 1 unspecified atom stereocenters. The van der Waals surface area contributed by atoms with Crippen molar-refractivity contribution < 1.29 is 17.6 Å². The maximum absolute atomic E-state index is 13.6. The van der Waals surface area contributed by atoms with Crippen molar-refractivity contribution in [1.29, 1.82) is 0 Å². The van der Waals surface area contributed by atoms with Gasteiger partial charge in [0.25, 0.3) is 11.5 Å². The van der Waals surface area contributed by atoms with Crippen LogP contribution < -0.4 is 5.56 Å². The summed E-state index contributed by atoms with van der Waals surface area (Å²) in [6, 6.07) is 5.07. The summed E-state index contributed by atoms with van der Waals surface area (Å²) in [7, 11) is -3.40. The van der Waals surface area contributed by atoms with Crippen molar-refractivity contribution in [1.82, 2.24) is 19.2 Å². The largest absolute Gasteiger partial charge is 0.328 e. The highest BCUT2D eigenvalue weighted by molar-refractivity contribution is 7.89. The Hall–Kier alpha value is -2.59. The van der Waals surface area contributed by atoms with E-state index >= 15 is 0 Å². The number of likely N-dealkylation sites (tertiary alicyclic amines) is 1. The normalized spacial score (nSPS) is 19.8. The minimum absolute atomic E-state index is 0.0169. The van der Waals surface area contributed by atoms with Crippen molar-refractivity contribution in [3.8, 4) is 0 Å². The van der Waals surface area contributed by atoms with Gasteiger partial charge in [-0.15, -0.1) is 0 Å². The lowest BCUT2D eigenvalue weighted by atomic mass is 9.99. The summed E-state index contributed by atoms with van der Waals surface area (Å²) in [6.07, 6.45) is 2.57. The van der Waals surface area contributed by atoms with E-state index in [2.05, 4.69) is 9.97 Å². The molecule has 8 nitrogen and oxygen atoms in total. The first-order chi connectivity index (χ1) is 14.8. The number of carbonyl (C=O) groups excluding carboxylic acids is 1. The van der Waals surface area contributed by atoms with E-state index in [-0.39, 0.29) is 35.9 Å². The number of hydrogen-bond donors (Lipinski definition) is 1. The lowest BCUT2D eigenvalue weighted by molar-refractivity contribution is 0.0598. The van der Waals surface area contributed by atoms with Crippen LogP contribution in [0.2, 0.25) is 0 Å². The zero-order chi connectivity index (χ0) is 22.2. The predicted octanol–water partition coefficient (Wildman–Crippen LogP) is 1.98. The van der Waals surface area contributed by atoms with Gasteiger partial charge in [-0.1, -0.05) is 6.07 Å². The summed E-state index contributed by atoms with van der Waals surface area (Å²) in [5.74, 6) is -0.475. The number of sulfonamides is 1. The number of H-pyrrole nitrogens is 1. The molecule has 1 saturated heterocycles. The fraction of sp³-hybridized carbons (Fsp3) is 0.476. The Bertz CT molecular complexity index is 1160. The molecule has 1 atom stereocenters. The van der Waals surface area contributed by atoms with Gasteiger partial charge in [-0.25, -0.2) is 17.8 Å². The van der Waals surface area contributed by atoms with Crippen molar-refractivity contribution in [2.24, 2.45) is 0 Å². The molecular weight excluding hydrogens is 423 g/mol. The zero-order valence-electron chi connectivity index (χ0n) is 17.3. The summed E-state index contributed by atoms with van der Waals surface area (Å²) < 4.78 is 39.6. The summed E-state index contributed by atoms with van der Waals surface area (Å²) in [6.45, 7) is 2.35. The molecule has 0 spiro atoms. The van der Waals surface area contributed by atoms with Gasteiger partial charge < -0.3 is 9.88 Å². The minimum atomic E-state index is -3.40. The van der Waals surface area contributed by atoms with E-state index in [0.29, 0.717) is 36.5 Å². The molecule has 1 N–H and O–H groups in total. The average molecular weight is 449 g/mol. The van der Waals surface area contributed by atoms with Gasteiger partial charge >= 0.3 is 0 Å². The fourth-order valence-corrected chi connectivity index (χ4v) is 5.31. The molecule has 166 valence electrons. The Morgan fingerprint density at radius 2 is 2.10 bits per heavy atom. The molecule has 2 aliphatic heterocycles. The SMILES string of the molecule is CCS(=O)(=O)N1CCc2c(nc(C3CCCCN3C(=O)c3cccc(F)c3)[nH]c2=O)C1. The van der Waals surface area contributed by atoms with Crippen molar-refractivity contribution in [2.75, 3.05) is 18.8 Å². The van der Waals surface area contributed by atoms with Crippen LogP contribution in [-0.2, 0) is 23.0 Å². The third kappa shape index (κ3) is 4.27. The summed E-state index contributed by atoms with van der Waals surface area (Å²) >= 11 is 0. The monoisotopic (exact) mass is 448 g/mol. The topological polar surface area (TPSA) is 103 Å². The first-order valence-electron chi connectivity index (χ1n) is 10.5. The van der Waals surface area contributed by atoms with Crippen molar-refractivity contribution in [3.63, 3.8) is 0 Å². The van der Waals surface area contributed by atoms with Crippen LogP contribution in [0.3, 0.4) is 0 Å². The highest BCUT2D eigenvalue weighted by Gasteiger charge is 2.33. The van der Waals surface area contributed by atoms with E-state index in [1.807, 2.05) is 0 Å². The first kappa shape index (κ1) is 21.6. The Kier molecular flexibility index (Phi) is 5.94. The van der Waals surface area contributed by atoms with Gasteiger partial charge in [0.1, 0.15) is 11.6 Å². The van der Waals surface area contributed by atoms with Crippen LogP contribution in [0.15, 0.2) is 29.1 Å². The molecule has 31 heavy (non-hydrogen) atoms. The maximum atomic E-state index is 13.6. The van der Waals surface area contributed by atoms with Crippen molar-refractivity contribution in [3.05, 3.63) is 63.1 Å². The van der Waals surface area contributed by atoms with E-state index in [9.17, 15) is 22.4 Å². The molecule has 1 amide bonds. The molecule has 10 heteroatoms. The van der Waals surface area contributed by atoms with Crippen LogP contribution in [0.4, 0.5) is 4.39 Å². The average Bonchev–Trinajstić information content (AvgIpc) is 2.78. The summed E-state index contributed by atoms with van der Waals surface area (Å²) in [5.41, 5.74) is 0.876. The quantitative estimate of drug-likeness (QED) is 0.770. The van der Waals surface area contributed by atoms with Gasteiger partial charge in [-0.2, -0.15) is 4.31 Å². The number of aromatic nitrogens is 2. The number of benzene rings is 1. The minimum Gasteiger partial charge on any atom is -0.328 e. The van der Waals surface area contributed by atoms with Crippen LogP contribution in [-0.4, -0.2) is 52.3 Å². The Balaban J connectivity index is 1.68. The number of piperidine rings is 1. The van der Waals surface area contributed by atoms with Gasteiger partial charge in [0.05, 0.1) is 24.0 Å². The third-order valence-electron chi connectivity index (χ3n) is 5.97. The molecule has 0 bridgehead atoms. The molecule has 1 aromatic carbocycles. The van der Waals surface area contributed by atoms with Crippen LogP contribution in [0.1, 0.15) is 59.7 Å². The Morgan fingerprint density at radius 3 is 2.84 bits per heavy atom. The number of nitrogens with one attached hydrogen (secondary N) is 1. The van der Waals surface area contributed by atoms with Crippen LogP contribution >= 0.6 is 0 Å². The number of carbonyl (C=O) groups is 1. The number of nitrogens with zero attached hydrogens (tertiary/aromatic N) is 3. The van der Waals surface area contributed by atoms with Crippen molar-refractivity contribution >= 4 is 15.9 Å². The predicted molar refractivity (Wildman–Crippen MR) is 112 cm³/mol. The molecule has 0 radical (unpaired) electrons. The Labute approximate surface area is 180 Å². The number of amides is 1. The van der Waals surface area contributed by atoms with Crippen LogP contribution in [0.5, 0.6) is 0 Å². The van der Waals surface area contributed by atoms with E-state index in [1.165, 1.54) is 22.5 Å². The molecule has 0 aliphatic carbocycles. The lowest BCUT2D eigenvalue weighted by Gasteiger charge is -2.36. The highest BCUT2D eigenvalue weighted by atomic mass is 32.2. The standard InChI is InChI=1S/C21H25FN4O4S/c1-2-31(29,30)25-11-9-16-17(13-25)23-19(24-20(16)27)18-8-3-4-10-26(18)21(28)14-6-5-7-15(22)12-14/h5-7,12,18H,2-4,8-11,13H2,1H3,(H,23,24,27). The van der Waals surface area contributed by atoms with E-state index < -0.39 is 21.9 Å². The first-order valence-corrected chi connectivity index (χ1v) is 12.1. The lowest BCUT2D eigenvalue weighted by Crippen LogP contribution is -2.42. The van der Waals surface area contributed by atoms with Gasteiger partial charge in [-0.05, 0) is 50.8 Å². The molecule has 1 fully saturated rings. The Morgan fingerprint density at radius 1 is 1.29 bits per heavy atom. The second-order valence-corrected chi connectivity index (χ2v) is 10.1. The third-order valence-corrected chi connectivity index (χ3v) is 7.79.